The number of rotatable bonds is 4. The smallest absolute Gasteiger partial charge is 0.267 e. The van der Waals surface area contributed by atoms with E-state index in [1.54, 1.807) is 6.20 Å². The Hall–Kier alpha value is -2.99. The molecular weight excluding hydrogens is 355 g/mol. The highest BCUT2D eigenvalue weighted by Gasteiger charge is 2.17. The van der Waals surface area contributed by atoms with Crippen molar-refractivity contribution < 1.29 is 9.18 Å². The van der Waals surface area contributed by atoms with Gasteiger partial charge in [-0.05, 0) is 48.9 Å². The van der Waals surface area contributed by atoms with E-state index in [0.717, 1.165) is 42.3 Å². The van der Waals surface area contributed by atoms with Crippen LogP contribution in [0.2, 0.25) is 0 Å². The molecule has 0 spiro atoms. The highest BCUT2D eigenvalue weighted by atomic mass is 19.1. The Morgan fingerprint density at radius 3 is 2.57 bits per heavy atom. The van der Waals surface area contributed by atoms with E-state index in [9.17, 15) is 9.18 Å². The van der Waals surface area contributed by atoms with Gasteiger partial charge in [0.15, 0.2) is 0 Å². The SMILES string of the molecule is Cc1cc(F)cc(Nc2ncc(C(=O)NN3CCCCC3)c3ccccc23)c1. The fourth-order valence-corrected chi connectivity index (χ4v) is 3.63. The lowest BCUT2D eigenvalue weighted by Crippen LogP contribution is -2.45. The van der Waals surface area contributed by atoms with E-state index in [2.05, 4.69) is 15.7 Å². The number of aromatic nitrogens is 1. The van der Waals surface area contributed by atoms with Crippen molar-refractivity contribution in [2.45, 2.75) is 26.2 Å². The zero-order valence-corrected chi connectivity index (χ0v) is 15.8. The molecule has 28 heavy (non-hydrogen) atoms. The maximum Gasteiger partial charge on any atom is 0.267 e. The van der Waals surface area contributed by atoms with Crippen LogP contribution in [0.25, 0.3) is 10.8 Å². The number of carbonyl (C=O) groups excluding carboxylic acids is 1. The Kier molecular flexibility index (Phi) is 5.21. The van der Waals surface area contributed by atoms with Crippen molar-refractivity contribution in [3.63, 3.8) is 0 Å². The van der Waals surface area contributed by atoms with Crippen LogP contribution in [-0.2, 0) is 0 Å². The van der Waals surface area contributed by atoms with Crippen LogP contribution >= 0.6 is 0 Å². The number of aryl methyl sites for hydroxylation is 1. The van der Waals surface area contributed by atoms with Crippen molar-refractivity contribution in [2.24, 2.45) is 0 Å². The summed E-state index contributed by atoms with van der Waals surface area (Å²) in [5.41, 5.74) is 4.97. The van der Waals surface area contributed by atoms with Crippen molar-refractivity contribution in [3.8, 4) is 0 Å². The van der Waals surface area contributed by atoms with Gasteiger partial charge in [-0.15, -0.1) is 0 Å². The molecule has 0 radical (unpaired) electrons. The van der Waals surface area contributed by atoms with Gasteiger partial charge in [0.05, 0.1) is 5.56 Å². The van der Waals surface area contributed by atoms with Gasteiger partial charge in [-0.2, -0.15) is 0 Å². The van der Waals surface area contributed by atoms with Crippen LogP contribution in [0.15, 0.2) is 48.7 Å². The normalized spacial score (nSPS) is 14.8. The van der Waals surface area contributed by atoms with Crippen LogP contribution in [-0.4, -0.2) is 29.0 Å². The zero-order chi connectivity index (χ0) is 19.5. The van der Waals surface area contributed by atoms with Crippen molar-refractivity contribution in [1.82, 2.24) is 15.4 Å². The summed E-state index contributed by atoms with van der Waals surface area (Å²) in [5.74, 6) is 0.137. The van der Waals surface area contributed by atoms with Gasteiger partial charge in [0.2, 0.25) is 0 Å². The summed E-state index contributed by atoms with van der Waals surface area (Å²) in [5, 5.41) is 6.78. The molecule has 0 atom stereocenters. The van der Waals surface area contributed by atoms with Gasteiger partial charge < -0.3 is 5.32 Å². The molecule has 0 unspecified atom stereocenters. The minimum Gasteiger partial charge on any atom is -0.340 e. The quantitative estimate of drug-likeness (QED) is 0.699. The van der Waals surface area contributed by atoms with Crippen molar-refractivity contribution in [1.29, 1.82) is 0 Å². The van der Waals surface area contributed by atoms with Crippen LogP contribution in [0.1, 0.15) is 35.2 Å². The number of pyridine rings is 1. The predicted octanol–water partition coefficient (Wildman–Crippen LogP) is 4.56. The van der Waals surface area contributed by atoms with Crippen molar-refractivity contribution in [2.75, 3.05) is 18.4 Å². The van der Waals surface area contributed by atoms with Crippen LogP contribution in [0, 0.1) is 12.7 Å². The van der Waals surface area contributed by atoms with Gasteiger partial charge in [0.25, 0.3) is 5.91 Å². The summed E-state index contributed by atoms with van der Waals surface area (Å²) in [6.07, 6.45) is 4.97. The molecule has 1 saturated heterocycles. The first kappa shape index (κ1) is 18.4. The summed E-state index contributed by atoms with van der Waals surface area (Å²) < 4.78 is 13.7. The summed E-state index contributed by atoms with van der Waals surface area (Å²) in [6.45, 7) is 3.58. The van der Waals surface area contributed by atoms with E-state index in [4.69, 9.17) is 0 Å². The predicted molar refractivity (Wildman–Crippen MR) is 109 cm³/mol. The summed E-state index contributed by atoms with van der Waals surface area (Å²) in [6, 6.07) is 12.4. The third-order valence-electron chi connectivity index (χ3n) is 4.96. The summed E-state index contributed by atoms with van der Waals surface area (Å²) >= 11 is 0. The number of nitrogens with one attached hydrogen (secondary N) is 2. The fourth-order valence-electron chi connectivity index (χ4n) is 3.63. The molecule has 144 valence electrons. The van der Waals surface area contributed by atoms with E-state index in [-0.39, 0.29) is 11.7 Å². The highest BCUT2D eigenvalue weighted by Crippen LogP contribution is 2.27. The molecular formula is C22H23FN4O. The molecule has 2 N–H and O–H groups in total. The van der Waals surface area contributed by atoms with Crippen LogP contribution < -0.4 is 10.7 Å². The molecule has 1 aromatic heterocycles. The number of nitrogens with zero attached hydrogens (tertiary/aromatic N) is 2. The number of piperidine rings is 1. The second-order valence-corrected chi connectivity index (χ2v) is 7.20. The van der Waals surface area contributed by atoms with E-state index < -0.39 is 0 Å². The number of hydrogen-bond acceptors (Lipinski definition) is 4. The standard InChI is InChI=1S/C22H23FN4O/c1-15-11-16(23)13-17(12-15)25-21-19-8-4-3-7-18(19)20(14-24-21)22(28)26-27-9-5-2-6-10-27/h3-4,7-8,11-14H,2,5-6,9-10H2,1H3,(H,24,25)(H,26,28). The van der Waals surface area contributed by atoms with E-state index in [0.29, 0.717) is 17.1 Å². The van der Waals surface area contributed by atoms with Gasteiger partial charge in [0, 0.05) is 30.4 Å². The number of hydrazine groups is 1. The Morgan fingerprint density at radius 1 is 1.07 bits per heavy atom. The molecule has 2 heterocycles. The number of halogens is 1. The van der Waals surface area contributed by atoms with Crippen molar-refractivity contribution in [3.05, 3.63) is 65.6 Å². The second-order valence-electron chi connectivity index (χ2n) is 7.20. The molecule has 5 nitrogen and oxygen atoms in total. The molecule has 2 aromatic carbocycles. The molecule has 1 fully saturated rings. The molecule has 0 aliphatic carbocycles. The Morgan fingerprint density at radius 2 is 1.82 bits per heavy atom. The first-order valence-electron chi connectivity index (χ1n) is 9.58. The van der Waals surface area contributed by atoms with Gasteiger partial charge in [-0.3, -0.25) is 10.2 Å². The third-order valence-corrected chi connectivity index (χ3v) is 4.96. The zero-order valence-electron chi connectivity index (χ0n) is 15.8. The molecule has 1 amide bonds. The average molecular weight is 378 g/mol. The van der Waals surface area contributed by atoms with Crippen LogP contribution in [0.3, 0.4) is 0 Å². The highest BCUT2D eigenvalue weighted by molar-refractivity contribution is 6.09. The minimum absolute atomic E-state index is 0.154. The Balaban J connectivity index is 1.65. The number of benzene rings is 2. The largest absolute Gasteiger partial charge is 0.340 e. The third kappa shape index (κ3) is 3.97. The molecule has 3 aromatic rings. The summed E-state index contributed by atoms with van der Waals surface area (Å²) in [4.78, 5) is 17.3. The number of anilines is 2. The first-order chi connectivity index (χ1) is 13.6. The average Bonchev–Trinajstić information content (AvgIpc) is 2.68. The molecule has 1 aliphatic heterocycles. The van der Waals surface area contributed by atoms with E-state index in [1.165, 1.54) is 18.6 Å². The molecule has 1 aliphatic rings. The first-order valence-corrected chi connectivity index (χ1v) is 9.58. The van der Waals surface area contributed by atoms with E-state index in [1.807, 2.05) is 42.3 Å². The molecule has 4 rings (SSSR count). The lowest BCUT2D eigenvalue weighted by atomic mass is 10.1. The number of fused-ring (bicyclic) bond motifs is 1. The number of hydrogen-bond donors (Lipinski definition) is 2. The number of amides is 1. The van der Waals surface area contributed by atoms with E-state index >= 15 is 0 Å². The van der Waals surface area contributed by atoms with Gasteiger partial charge in [-0.25, -0.2) is 14.4 Å². The molecule has 0 bridgehead atoms. The second kappa shape index (κ2) is 7.94. The summed E-state index contributed by atoms with van der Waals surface area (Å²) in [7, 11) is 0. The van der Waals surface area contributed by atoms with Gasteiger partial charge in [-0.1, -0.05) is 30.7 Å². The lowest BCUT2D eigenvalue weighted by molar-refractivity contribution is 0.0751. The number of carbonyl (C=O) groups is 1. The lowest BCUT2D eigenvalue weighted by Gasteiger charge is -2.27. The van der Waals surface area contributed by atoms with Crippen molar-refractivity contribution >= 4 is 28.2 Å². The van der Waals surface area contributed by atoms with Crippen LogP contribution in [0.4, 0.5) is 15.9 Å². The maximum absolute atomic E-state index is 13.7. The monoisotopic (exact) mass is 378 g/mol. The molecule has 0 saturated carbocycles. The molecule has 6 heteroatoms. The van der Waals surface area contributed by atoms with Crippen LogP contribution in [0.5, 0.6) is 0 Å². The van der Waals surface area contributed by atoms with Gasteiger partial charge >= 0.3 is 0 Å². The minimum atomic E-state index is -0.302. The van der Waals surface area contributed by atoms with Gasteiger partial charge in [0.1, 0.15) is 11.6 Å². The maximum atomic E-state index is 13.7. The Bertz CT molecular complexity index is 994. The Labute approximate surface area is 163 Å². The fraction of sp³-hybridized carbons (Fsp3) is 0.273. The topological polar surface area (TPSA) is 57.3 Å².